The van der Waals surface area contributed by atoms with Gasteiger partial charge < -0.3 is 4.90 Å². The molecule has 1 fully saturated rings. The van der Waals surface area contributed by atoms with E-state index in [1.807, 2.05) is 4.90 Å². The largest absolute Gasteiger partial charge is 0.369 e. The molecule has 0 unspecified atom stereocenters. The van der Waals surface area contributed by atoms with Gasteiger partial charge in [0, 0.05) is 24.7 Å². The molecule has 5 heteroatoms. The Labute approximate surface area is 122 Å². The predicted octanol–water partition coefficient (Wildman–Crippen LogP) is 3.78. The van der Waals surface area contributed by atoms with E-state index in [2.05, 4.69) is 0 Å². The Morgan fingerprint density at radius 1 is 1.00 bits per heavy atom. The monoisotopic (exact) mass is 287 g/mol. The Kier molecular flexibility index (Phi) is 4.90. The fourth-order valence-corrected chi connectivity index (χ4v) is 2.46. The first-order valence-electron chi connectivity index (χ1n) is 6.91. The van der Waals surface area contributed by atoms with Crippen molar-refractivity contribution < 1.29 is 8.78 Å². The van der Waals surface area contributed by atoms with E-state index in [0.717, 1.165) is 43.9 Å². The Bertz CT molecular complexity index is 614. The van der Waals surface area contributed by atoms with Gasteiger partial charge in [-0.1, -0.05) is 12.8 Å². The Hall–Kier alpha value is -2.40. The zero-order valence-corrected chi connectivity index (χ0v) is 11.6. The molecule has 1 saturated heterocycles. The highest BCUT2D eigenvalue weighted by Crippen LogP contribution is 2.26. The third-order valence-corrected chi connectivity index (χ3v) is 3.55. The smallest absolute Gasteiger partial charge is 0.147 e. The molecule has 1 heterocycles. The van der Waals surface area contributed by atoms with Crippen molar-refractivity contribution in [2.75, 3.05) is 18.0 Å². The number of nitrogens with zero attached hydrogens (tertiary/aromatic N) is 3. The van der Waals surface area contributed by atoms with Gasteiger partial charge in [0.05, 0.1) is 5.69 Å². The first-order valence-corrected chi connectivity index (χ1v) is 6.91. The normalized spacial score (nSPS) is 14.8. The molecule has 1 aromatic rings. The zero-order valence-electron chi connectivity index (χ0n) is 11.6. The van der Waals surface area contributed by atoms with Crippen LogP contribution in [-0.2, 0) is 0 Å². The van der Waals surface area contributed by atoms with Crippen molar-refractivity contribution in [1.29, 1.82) is 10.5 Å². The van der Waals surface area contributed by atoms with Crippen molar-refractivity contribution >= 4 is 11.8 Å². The highest BCUT2D eigenvalue weighted by Gasteiger charge is 2.16. The van der Waals surface area contributed by atoms with Gasteiger partial charge >= 0.3 is 0 Å². The number of hydrogen-bond acceptors (Lipinski definition) is 3. The SMILES string of the molecule is N#CC(C#N)=Cc1cc(F)c(N2CCCCCC2)cc1F. The molecular weight excluding hydrogens is 272 g/mol. The summed E-state index contributed by atoms with van der Waals surface area (Å²) in [6.07, 6.45) is 5.21. The maximum atomic E-state index is 14.2. The highest BCUT2D eigenvalue weighted by molar-refractivity contribution is 5.65. The maximum absolute atomic E-state index is 14.2. The Balaban J connectivity index is 2.35. The summed E-state index contributed by atoms with van der Waals surface area (Å²) in [5.41, 5.74) is -0.0815. The molecule has 0 radical (unpaired) electrons. The fourth-order valence-electron chi connectivity index (χ4n) is 2.46. The number of nitriles is 2. The van der Waals surface area contributed by atoms with Crippen LogP contribution >= 0.6 is 0 Å². The van der Waals surface area contributed by atoms with E-state index in [1.165, 1.54) is 0 Å². The molecule has 0 atom stereocenters. The molecule has 0 aliphatic carbocycles. The predicted molar refractivity (Wildman–Crippen MR) is 76.2 cm³/mol. The minimum atomic E-state index is -0.626. The van der Waals surface area contributed by atoms with E-state index >= 15 is 0 Å². The summed E-state index contributed by atoms with van der Waals surface area (Å²) in [6, 6.07) is 5.46. The van der Waals surface area contributed by atoms with Crippen molar-refractivity contribution in [2.24, 2.45) is 0 Å². The number of allylic oxidation sites excluding steroid dienone is 1. The molecule has 1 aliphatic rings. The van der Waals surface area contributed by atoms with Crippen LogP contribution in [0.4, 0.5) is 14.5 Å². The topological polar surface area (TPSA) is 50.8 Å². The molecule has 0 bridgehead atoms. The van der Waals surface area contributed by atoms with Gasteiger partial charge in [-0.3, -0.25) is 0 Å². The number of rotatable bonds is 2. The van der Waals surface area contributed by atoms with E-state index in [1.54, 1.807) is 12.1 Å². The van der Waals surface area contributed by atoms with Crippen molar-refractivity contribution in [3.05, 3.63) is 34.9 Å². The molecule has 0 amide bonds. The summed E-state index contributed by atoms with van der Waals surface area (Å²) in [6.45, 7) is 1.43. The molecule has 108 valence electrons. The minimum Gasteiger partial charge on any atom is -0.369 e. The summed E-state index contributed by atoms with van der Waals surface area (Å²) >= 11 is 0. The fraction of sp³-hybridized carbons (Fsp3) is 0.375. The standard InChI is InChI=1S/C16H15F2N3/c17-14-9-16(21-5-3-1-2-4-6-21)15(18)8-13(14)7-12(10-19)11-20/h7-9H,1-6H2. The van der Waals surface area contributed by atoms with Crippen LogP contribution < -0.4 is 4.90 Å². The van der Waals surface area contributed by atoms with Crippen molar-refractivity contribution in [3.8, 4) is 12.1 Å². The average molecular weight is 287 g/mol. The van der Waals surface area contributed by atoms with Crippen LogP contribution in [0.5, 0.6) is 0 Å². The van der Waals surface area contributed by atoms with E-state index in [4.69, 9.17) is 10.5 Å². The lowest BCUT2D eigenvalue weighted by atomic mass is 10.1. The third-order valence-electron chi connectivity index (χ3n) is 3.55. The van der Waals surface area contributed by atoms with Crippen LogP contribution in [0.2, 0.25) is 0 Å². The van der Waals surface area contributed by atoms with Crippen LogP contribution in [0.3, 0.4) is 0 Å². The Morgan fingerprint density at radius 3 is 2.19 bits per heavy atom. The molecule has 0 aromatic heterocycles. The van der Waals surface area contributed by atoms with Gasteiger partial charge in [0.1, 0.15) is 29.3 Å². The molecule has 2 rings (SSSR count). The van der Waals surface area contributed by atoms with E-state index in [0.29, 0.717) is 13.1 Å². The Morgan fingerprint density at radius 2 is 1.62 bits per heavy atom. The molecule has 0 saturated carbocycles. The van der Waals surface area contributed by atoms with Crippen LogP contribution in [0.25, 0.3) is 6.08 Å². The van der Waals surface area contributed by atoms with Gasteiger partial charge in [0.2, 0.25) is 0 Å². The van der Waals surface area contributed by atoms with E-state index in [-0.39, 0.29) is 16.8 Å². The van der Waals surface area contributed by atoms with Crippen LogP contribution in [0.1, 0.15) is 31.2 Å². The molecule has 1 aliphatic heterocycles. The lowest BCUT2D eigenvalue weighted by Gasteiger charge is -2.23. The third kappa shape index (κ3) is 3.58. The summed E-state index contributed by atoms with van der Waals surface area (Å²) in [4.78, 5) is 1.86. The summed E-state index contributed by atoms with van der Waals surface area (Å²) in [5, 5.41) is 17.3. The van der Waals surface area contributed by atoms with Crippen LogP contribution in [-0.4, -0.2) is 13.1 Å². The summed E-state index contributed by atoms with van der Waals surface area (Å²) in [7, 11) is 0. The first kappa shape index (κ1) is 15.0. The van der Waals surface area contributed by atoms with Crippen molar-refractivity contribution in [3.63, 3.8) is 0 Å². The van der Waals surface area contributed by atoms with Gasteiger partial charge in [0.15, 0.2) is 0 Å². The van der Waals surface area contributed by atoms with E-state index < -0.39 is 11.6 Å². The minimum absolute atomic E-state index is 0.0795. The number of benzene rings is 1. The van der Waals surface area contributed by atoms with Gasteiger partial charge in [-0.25, -0.2) is 8.78 Å². The number of hydrogen-bond donors (Lipinski definition) is 0. The lowest BCUT2D eigenvalue weighted by molar-refractivity contribution is 0.590. The molecular formula is C16H15F2N3. The second kappa shape index (κ2) is 6.85. The van der Waals surface area contributed by atoms with Gasteiger partial charge in [-0.05, 0) is 25.0 Å². The van der Waals surface area contributed by atoms with Gasteiger partial charge in [-0.2, -0.15) is 10.5 Å². The molecule has 0 N–H and O–H groups in total. The quantitative estimate of drug-likeness (QED) is 0.778. The summed E-state index contributed by atoms with van der Waals surface area (Å²) in [5.74, 6) is -1.15. The van der Waals surface area contributed by atoms with E-state index in [9.17, 15) is 8.78 Å². The average Bonchev–Trinajstić information content (AvgIpc) is 2.76. The van der Waals surface area contributed by atoms with Gasteiger partial charge in [-0.15, -0.1) is 0 Å². The first-order chi connectivity index (χ1) is 10.2. The van der Waals surface area contributed by atoms with Crippen molar-refractivity contribution in [1.82, 2.24) is 0 Å². The van der Waals surface area contributed by atoms with Crippen LogP contribution in [0.15, 0.2) is 17.7 Å². The second-order valence-electron chi connectivity index (χ2n) is 5.01. The zero-order chi connectivity index (χ0) is 15.2. The summed E-state index contributed by atoms with van der Waals surface area (Å²) < 4.78 is 28.3. The second-order valence-corrected chi connectivity index (χ2v) is 5.01. The van der Waals surface area contributed by atoms with Crippen molar-refractivity contribution in [2.45, 2.75) is 25.7 Å². The molecule has 0 spiro atoms. The molecule has 3 nitrogen and oxygen atoms in total. The van der Waals surface area contributed by atoms with Gasteiger partial charge in [0.25, 0.3) is 0 Å². The molecule has 1 aromatic carbocycles. The highest BCUT2D eigenvalue weighted by atomic mass is 19.1. The molecule has 21 heavy (non-hydrogen) atoms. The lowest BCUT2D eigenvalue weighted by Crippen LogP contribution is -2.25. The van der Waals surface area contributed by atoms with Crippen LogP contribution in [0, 0.1) is 34.3 Å². The number of anilines is 1. The maximum Gasteiger partial charge on any atom is 0.147 e. The number of halogens is 2.